The lowest BCUT2D eigenvalue weighted by Crippen LogP contribution is -1.89. The fraction of sp³-hybridized carbons (Fsp3) is 0.700. The first kappa shape index (κ1) is 12.5. The zero-order valence-corrected chi connectivity index (χ0v) is 8.85. The molecule has 0 N–H and O–H groups in total. The summed E-state index contributed by atoms with van der Waals surface area (Å²) in [5.41, 5.74) is 0. The van der Waals surface area contributed by atoms with Gasteiger partial charge in [0.25, 0.3) is 0 Å². The number of halogens is 1. The van der Waals surface area contributed by atoms with Crippen LogP contribution in [0, 0.1) is 0 Å². The molecule has 3 heteroatoms. The van der Waals surface area contributed by atoms with Crippen LogP contribution in [0.5, 0.6) is 0 Å². The summed E-state index contributed by atoms with van der Waals surface area (Å²) in [7, 11) is 0. The Morgan fingerprint density at radius 2 is 2.00 bits per heavy atom. The quantitative estimate of drug-likeness (QED) is 0.275. The van der Waals surface area contributed by atoms with Crippen molar-refractivity contribution in [3.8, 4) is 0 Å². The molecule has 76 valence electrons. The molecule has 0 aromatic carbocycles. The van der Waals surface area contributed by atoms with Gasteiger partial charge < -0.3 is 4.74 Å². The molecule has 13 heavy (non-hydrogen) atoms. The van der Waals surface area contributed by atoms with Crippen molar-refractivity contribution in [2.75, 3.05) is 5.88 Å². The number of ether oxygens (including phenoxy) is 1. The predicted octanol–water partition coefficient (Wildman–Crippen LogP) is 3.25. The van der Waals surface area contributed by atoms with E-state index < -0.39 is 0 Å². The summed E-state index contributed by atoms with van der Waals surface area (Å²) < 4.78 is 4.63. The lowest BCUT2D eigenvalue weighted by Gasteiger charge is -1.95. The zero-order chi connectivity index (χ0) is 9.94. The van der Waals surface area contributed by atoms with Crippen LogP contribution in [0.15, 0.2) is 12.3 Å². The maximum atomic E-state index is 10.3. The number of hydrogen-bond acceptors (Lipinski definition) is 2. The van der Waals surface area contributed by atoms with Crippen LogP contribution in [-0.4, -0.2) is 11.8 Å². The highest BCUT2D eigenvalue weighted by molar-refractivity contribution is 6.17. The molecule has 0 bridgehead atoms. The highest BCUT2D eigenvalue weighted by atomic mass is 35.5. The van der Waals surface area contributed by atoms with Crippen molar-refractivity contribution in [2.24, 2.45) is 0 Å². The summed E-state index contributed by atoms with van der Waals surface area (Å²) in [6.07, 6.45) is 8.91. The van der Waals surface area contributed by atoms with Gasteiger partial charge in [-0.3, -0.25) is 4.79 Å². The van der Waals surface area contributed by atoms with Gasteiger partial charge in [0.2, 0.25) is 0 Å². The Labute approximate surface area is 84.9 Å². The molecule has 0 radical (unpaired) electrons. The van der Waals surface area contributed by atoms with Gasteiger partial charge in [0.1, 0.15) is 0 Å². The van der Waals surface area contributed by atoms with Crippen molar-refractivity contribution in [3.63, 3.8) is 0 Å². The normalized spacial score (nSPS) is 10.6. The second kappa shape index (κ2) is 9.59. The average molecular weight is 205 g/mol. The van der Waals surface area contributed by atoms with Gasteiger partial charge in [-0.05, 0) is 25.3 Å². The molecule has 0 aromatic rings. The molecule has 0 spiro atoms. The molecule has 0 aliphatic heterocycles. The van der Waals surface area contributed by atoms with E-state index in [0.29, 0.717) is 0 Å². The summed E-state index contributed by atoms with van der Waals surface area (Å²) in [6.45, 7) is 1.39. The molecule has 0 amide bonds. The highest BCUT2D eigenvalue weighted by Gasteiger charge is 1.88. The second-order valence-electron chi connectivity index (χ2n) is 2.87. The van der Waals surface area contributed by atoms with Crippen molar-refractivity contribution in [1.82, 2.24) is 0 Å². The summed E-state index contributed by atoms with van der Waals surface area (Å²) in [6, 6.07) is 0. The van der Waals surface area contributed by atoms with Crippen LogP contribution in [0.1, 0.15) is 39.0 Å². The topological polar surface area (TPSA) is 26.3 Å². The van der Waals surface area contributed by atoms with Crippen LogP contribution in [0.2, 0.25) is 0 Å². The molecule has 0 aromatic heterocycles. The number of carbonyl (C=O) groups excluding carboxylic acids is 1. The third-order valence-corrected chi connectivity index (χ3v) is 1.85. The van der Waals surface area contributed by atoms with Gasteiger partial charge in [0.15, 0.2) is 0 Å². The maximum absolute atomic E-state index is 10.3. The Morgan fingerprint density at radius 3 is 2.62 bits per heavy atom. The fourth-order valence-corrected chi connectivity index (χ4v) is 1.11. The second-order valence-corrected chi connectivity index (χ2v) is 3.25. The van der Waals surface area contributed by atoms with Gasteiger partial charge in [-0.25, -0.2) is 0 Å². The van der Waals surface area contributed by atoms with Crippen LogP contribution in [0.3, 0.4) is 0 Å². The number of hydrogen-bond donors (Lipinski definition) is 0. The van der Waals surface area contributed by atoms with Gasteiger partial charge in [0, 0.05) is 12.8 Å². The first-order valence-electron chi connectivity index (χ1n) is 4.65. The van der Waals surface area contributed by atoms with E-state index in [1.807, 2.05) is 6.08 Å². The van der Waals surface area contributed by atoms with Crippen molar-refractivity contribution in [2.45, 2.75) is 39.0 Å². The number of carbonyl (C=O) groups is 1. The Morgan fingerprint density at radius 1 is 1.31 bits per heavy atom. The molecule has 0 atom stereocenters. The minimum Gasteiger partial charge on any atom is -0.435 e. The Bertz CT molecular complexity index is 155. The van der Waals surface area contributed by atoms with Crippen LogP contribution < -0.4 is 0 Å². The third-order valence-electron chi connectivity index (χ3n) is 1.58. The molecular formula is C10H17ClO2. The first-order chi connectivity index (χ1) is 6.27. The minimum absolute atomic E-state index is 0.265. The van der Waals surface area contributed by atoms with E-state index in [9.17, 15) is 4.79 Å². The molecule has 0 aliphatic rings. The lowest BCUT2D eigenvalue weighted by molar-refractivity contribution is -0.135. The van der Waals surface area contributed by atoms with E-state index in [0.717, 1.165) is 25.1 Å². The molecule has 0 rings (SSSR count). The van der Waals surface area contributed by atoms with Crippen molar-refractivity contribution in [1.29, 1.82) is 0 Å². The summed E-state index contributed by atoms with van der Waals surface area (Å²) in [4.78, 5) is 10.3. The van der Waals surface area contributed by atoms with Crippen molar-refractivity contribution >= 4 is 17.6 Å². The van der Waals surface area contributed by atoms with Crippen molar-refractivity contribution < 1.29 is 9.53 Å². The SMILES string of the molecule is CC(=O)OC=CCCCCCCCl. The van der Waals surface area contributed by atoms with Crippen LogP contribution in [0.4, 0.5) is 0 Å². The van der Waals surface area contributed by atoms with E-state index >= 15 is 0 Å². The number of esters is 1. The molecule has 0 unspecified atom stereocenters. The van der Waals surface area contributed by atoms with Gasteiger partial charge in [-0.2, -0.15) is 0 Å². The van der Waals surface area contributed by atoms with Crippen LogP contribution in [-0.2, 0) is 9.53 Å². The molecule has 0 heterocycles. The summed E-state index contributed by atoms with van der Waals surface area (Å²) in [5.74, 6) is 0.488. The molecule has 0 saturated carbocycles. The summed E-state index contributed by atoms with van der Waals surface area (Å²) in [5, 5.41) is 0. The molecule has 0 fully saturated rings. The zero-order valence-electron chi connectivity index (χ0n) is 8.09. The monoisotopic (exact) mass is 204 g/mol. The standard InChI is InChI=1S/C10H17ClO2/c1-10(12)13-9-7-5-3-2-4-6-8-11/h7,9H,2-6,8H2,1H3. The van der Waals surface area contributed by atoms with Gasteiger partial charge in [0.05, 0.1) is 6.26 Å². The van der Waals surface area contributed by atoms with Crippen LogP contribution in [0.25, 0.3) is 0 Å². The fourth-order valence-electron chi connectivity index (χ4n) is 0.922. The van der Waals surface area contributed by atoms with E-state index in [1.165, 1.54) is 26.0 Å². The van der Waals surface area contributed by atoms with E-state index in [2.05, 4.69) is 4.74 Å². The van der Waals surface area contributed by atoms with Gasteiger partial charge >= 0.3 is 5.97 Å². The lowest BCUT2D eigenvalue weighted by atomic mass is 10.1. The van der Waals surface area contributed by atoms with Crippen molar-refractivity contribution in [3.05, 3.63) is 12.3 Å². The predicted molar refractivity (Wildman–Crippen MR) is 54.7 cm³/mol. The Hall–Kier alpha value is -0.500. The number of rotatable bonds is 7. The largest absolute Gasteiger partial charge is 0.435 e. The van der Waals surface area contributed by atoms with E-state index in [4.69, 9.17) is 11.6 Å². The molecular weight excluding hydrogens is 188 g/mol. The Kier molecular flexibility index (Phi) is 9.22. The maximum Gasteiger partial charge on any atom is 0.307 e. The minimum atomic E-state index is -0.265. The first-order valence-corrected chi connectivity index (χ1v) is 5.19. The third kappa shape index (κ3) is 11.5. The molecule has 2 nitrogen and oxygen atoms in total. The van der Waals surface area contributed by atoms with E-state index in [-0.39, 0.29) is 5.97 Å². The molecule has 0 saturated heterocycles. The number of alkyl halides is 1. The highest BCUT2D eigenvalue weighted by Crippen LogP contribution is 2.04. The van der Waals surface area contributed by atoms with E-state index in [1.54, 1.807) is 0 Å². The average Bonchev–Trinajstić information content (AvgIpc) is 2.09. The smallest absolute Gasteiger partial charge is 0.307 e. The number of allylic oxidation sites excluding steroid dienone is 1. The number of unbranched alkanes of at least 4 members (excludes halogenated alkanes) is 4. The van der Waals surface area contributed by atoms with Crippen LogP contribution >= 0.6 is 11.6 Å². The van der Waals surface area contributed by atoms with Gasteiger partial charge in [-0.15, -0.1) is 11.6 Å². The van der Waals surface area contributed by atoms with Gasteiger partial charge in [-0.1, -0.05) is 12.8 Å². The summed E-state index contributed by atoms with van der Waals surface area (Å²) >= 11 is 5.53. The molecule has 0 aliphatic carbocycles. The Balaban J connectivity index is 3.06.